The predicted octanol–water partition coefficient (Wildman–Crippen LogP) is 2.22. The number of hydrogen-bond acceptors (Lipinski definition) is 3. The van der Waals surface area contributed by atoms with Crippen molar-refractivity contribution >= 4 is 15.9 Å². The second-order valence-electron chi connectivity index (χ2n) is 4.98. The molecule has 122 valence electrons. The van der Waals surface area contributed by atoms with E-state index in [0.29, 0.717) is 5.56 Å². The van der Waals surface area contributed by atoms with Crippen molar-refractivity contribution in [2.24, 2.45) is 0 Å². The fraction of sp³-hybridized carbons (Fsp3) is 0.188. The van der Waals surface area contributed by atoms with E-state index < -0.39 is 10.0 Å². The van der Waals surface area contributed by atoms with Crippen molar-refractivity contribution in [3.8, 4) is 0 Å². The Morgan fingerprint density at radius 1 is 1.04 bits per heavy atom. The predicted molar refractivity (Wildman–Crippen MR) is 85.0 cm³/mol. The third-order valence-electron chi connectivity index (χ3n) is 3.41. The Kier molecular flexibility index (Phi) is 5.12. The lowest BCUT2D eigenvalue weighted by molar-refractivity contribution is 0.0940. The molecule has 5 nitrogen and oxygen atoms in total. The van der Waals surface area contributed by atoms with Crippen LogP contribution in [0.1, 0.15) is 28.9 Å². The molecule has 0 fully saturated rings. The van der Waals surface area contributed by atoms with Crippen LogP contribution in [0, 0.1) is 5.82 Å². The molecular weight excluding hydrogens is 319 g/mol. The van der Waals surface area contributed by atoms with E-state index in [1.54, 1.807) is 19.1 Å². The summed E-state index contributed by atoms with van der Waals surface area (Å²) in [4.78, 5) is 12.3. The van der Waals surface area contributed by atoms with E-state index in [0.717, 1.165) is 5.56 Å². The molecular formula is C16H17FN2O3S. The lowest BCUT2D eigenvalue weighted by Crippen LogP contribution is -2.26. The average Bonchev–Trinajstić information content (AvgIpc) is 2.55. The molecule has 0 aromatic heterocycles. The SMILES string of the molecule is CNS(=O)(=O)c1ccc(C(=O)NC(C)c2ccc(F)cc2)cc1. The maximum absolute atomic E-state index is 12.9. The smallest absolute Gasteiger partial charge is 0.251 e. The highest BCUT2D eigenvalue weighted by atomic mass is 32.2. The summed E-state index contributed by atoms with van der Waals surface area (Å²) in [6.45, 7) is 1.78. The summed E-state index contributed by atoms with van der Waals surface area (Å²) < 4.78 is 38.4. The quantitative estimate of drug-likeness (QED) is 0.879. The first-order valence-corrected chi connectivity index (χ1v) is 8.42. The Hall–Kier alpha value is -2.25. The number of benzene rings is 2. The molecule has 0 saturated carbocycles. The van der Waals surface area contributed by atoms with E-state index in [9.17, 15) is 17.6 Å². The number of nitrogens with one attached hydrogen (secondary N) is 2. The summed E-state index contributed by atoms with van der Waals surface area (Å²) in [6.07, 6.45) is 0. The molecule has 7 heteroatoms. The van der Waals surface area contributed by atoms with Gasteiger partial charge in [-0.15, -0.1) is 0 Å². The van der Waals surface area contributed by atoms with E-state index in [4.69, 9.17) is 0 Å². The third-order valence-corrected chi connectivity index (χ3v) is 4.84. The molecule has 0 spiro atoms. The van der Waals surface area contributed by atoms with Gasteiger partial charge in [-0.05, 0) is 55.9 Å². The van der Waals surface area contributed by atoms with Crippen LogP contribution in [0.25, 0.3) is 0 Å². The van der Waals surface area contributed by atoms with Crippen LogP contribution in [-0.4, -0.2) is 21.4 Å². The van der Waals surface area contributed by atoms with E-state index in [1.165, 1.54) is 43.4 Å². The van der Waals surface area contributed by atoms with Crippen molar-refractivity contribution in [1.82, 2.24) is 10.0 Å². The molecule has 0 heterocycles. The summed E-state index contributed by atoms with van der Waals surface area (Å²) >= 11 is 0. The van der Waals surface area contributed by atoms with Gasteiger partial charge in [0.1, 0.15) is 5.82 Å². The molecule has 0 aliphatic rings. The Morgan fingerprint density at radius 2 is 1.61 bits per heavy atom. The van der Waals surface area contributed by atoms with Crippen LogP contribution in [0.15, 0.2) is 53.4 Å². The van der Waals surface area contributed by atoms with Gasteiger partial charge < -0.3 is 5.32 Å². The Balaban J connectivity index is 2.10. The monoisotopic (exact) mass is 336 g/mol. The number of sulfonamides is 1. The lowest BCUT2D eigenvalue weighted by atomic mass is 10.1. The molecule has 2 rings (SSSR count). The third kappa shape index (κ3) is 4.14. The summed E-state index contributed by atoms with van der Waals surface area (Å²) in [6, 6.07) is 11.2. The fourth-order valence-electron chi connectivity index (χ4n) is 2.02. The molecule has 1 amide bonds. The highest BCUT2D eigenvalue weighted by Gasteiger charge is 2.14. The molecule has 1 unspecified atom stereocenters. The van der Waals surface area contributed by atoms with E-state index in [2.05, 4.69) is 10.0 Å². The Bertz CT molecular complexity index is 787. The van der Waals surface area contributed by atoms with Crippen molar-refractivity contribution in [2.45, 2.75) is 17.9 Å². The van der Waals surface area contributed by atoms with Gasteiger partial charge in [0.2, 0.25) is 10.0 Å². The van der Waals surface area contributed by atoms with Crippen LogP contribution in [0.4, 0.5) is 4.39 Å². The zero-order chi connectivity index (χ0) is 17.0. The largest absolute Gasteiger partial charge is 0.346 e. The van der Waals surface area contributed by atoms with Gasteiger partial charge in [0.05, 0.1) is 10.9 Å². The molecule has 0 bridgehead atoms. The van der Waals surface area contributed by atoms with Crippen molar-refractivity contribution in [1.29, 1.82) is 0 Å². The minimum atomic E-state index is -3.53. The fourth-order valence-corrected chi connectivity index (χ4v) is 2.75. The average molecular weight is 336 g/mol. The summed E-state index contributed by atoms with van der Waals surface area (Å²) in [5, 5.41) is 2.78. The number of halogens is 1. The van der Waals surface area contributed by atoms with Gasteiger partial charge >= 0.3 is 0 Å². The van der Waals surface area contributed by atoms with E-state index in [1.807, 2.05) is 0 Å². The first-order chi connectivity index (χ1) is 10.8. The summed E-state index contributed by atoms with van der Waals surface area (Å²) in [5.74, 6) is -0.677. The molecule has 0 saturated heterocycles. The minimum absolute atomic E-state index is 0.0862. The van der Waals surface area contributed by atoms with Gasteiger partial charge in [-0.2, -0.15) is 0 Å². The molecule has 23 heavy (non-hydrogen) atoms. The number of hydrogen-bond donors (Lipinski definition) is 2. The maximum atomic E-state index is 12.9. The minimum Gasteiger partial charge on any atom is -0.346 e. The van der Waals surface area contributed by atoms with Gasteiger partial charge in [0.25, 0.3) is 5.91 Å². The van der Waals surface area contributed by atoms with Gasteiger partial charge in [-0.3, -0.25) is 4.79 Å². The molecule has 2 N–H and O–H groups in total. The Morgan fingerprint density at radius 3 is 2.13 bits per heavy atom. The zero-order valence-electron chi connectivity index (χ0n) is 12.7. The topological polar surface area (TPSA) is 75.3 Å². The van der Waals surface area contributed by atoms with E-state index >= 15 is 0 Å². The lowest BCUT2D eigenvalue weighted by Gasteiger charge is -2.14. The maximum Gasteiger partial charge on any atom is 0.251 e. The molecule has 0 radical (unpaired) electrons. The number of carbonyl (C=O) groups excluding carboxylic acids is 1. The van der Waals surface area contributed by atoms with Crippen LogP contribution in [0.2, 0.25) is 0 Å². The normalized spacial score (nSPS) is 12.7. The van der Waals surface area contributed by atoms with Gasteiger partial charge in [-0.25, -0.2) is 17.5 Å². The van der Waals surface area contributed by atoms with Crippen molar-refractivity contribution < 1.29 is 17.6 Å². The number of carbonyl (C=O) groups is 1. The van der Waals surface area contributed by atoms with Gasteiger partial charge in [0, 0.05) is 5.56 Å². The van der Waals surface area contributed by atoms with E-state index in [-0.39, 0.29) is 22.7 Å². The van der Waals surface area contributed by atoms with Crippen molar-refractivity contribution in [2.75, 3.05) is 7.05 Å². The van der Waals surface area contributed by atoms with Crippen LogP contribution < -0.4 is 10.0 Å². The van der Waals surface area contributed by atoms with Gasteiger partial charge in [-0.1, -0.05) is 12.1 Å². The van der Waals surface area contributed by atoms with Crippen LogP contribution in [-0.2, 0) is 10.0 Å². The molecule has 0 aliphatic heterocycles. The Labute approximate surface area is 134 Å². The number of rotatable bonds is 5. The summed E-state index contributed by atoms with van der Waals surface area (Å²) in [7, 11) is -2.21. The second kappa shape index (κ2) is 6.89. The number of amides is 1. The van der Waals surface area contributed by atoms with Gasteiger partial charge in [0.15, 0.2) is 0 Å². The molecule has 0 aliphatic carbocycles. The van der Waals surface area contributed by atoms with Crippen molar-refractivity contribution in [3.63, 3.8) is 0 Å². The highest BCUT2D eigenvalue weighted by molar-refractivity contribution is 7.89. The van der Waals surface area contributed by atoms with Crippen LogP contribution in [0.5, 0.6) is 0 Å². The zero-order valence-corrected chi connectivity index (χ0v) is 13.5. The summed E-state index contributed by atoms with van der Waals surface area (Å²) in [5.41, 5.74) is 1.11. The van der Waals surface area contributed by atoms with Crippen LogP contribution in [0.3, 0.4) is 0 Å². The van der Waals surface area contributed by atoms with Crippen molar-refractivity contribution in [3.05, 3.63) is 65.5 Å². The molecule has 2 aromatic carbocycles. The first kappa shape index (κ1) is 17.1. The molecule has 1 atom stereocenters. The van der Waals surface area contributed by atoms with Crippen LogP contribution >= 0.6 is 0 Å². The highest BCUT2D eigenvalue weighted by Crippen LogP contribution is 2.15. The first-order valence-electron chi connectivity index (χ1n) is 6.93. The standard InChI is InChI=1S/C16H17FN2O3S/c1-11(12-3-7-14(17)8-4-12)19-16(20)13-5-9-15(10-6-13)23(21,22)18-2/h3-11,18H,1-2H3,(H,19,20). The second-order valence-corrected chi connectivity index (χ2v) is 6.87. The molecule has 2 aromatic rings.